The van der Waals surface area contributed by atoms with Crippen molar-refractivity contribution in [1.82, 2.24) is 19.2 Å². The van der Waals surface area contributed by atoms with Gasteiger partial charge in [-0.25, -0.2) is 0 Å². The third-order valence-electron chi connectivity index (χ3n) is 4.56. The Balaban J connectivity index is 1.86. The first-order valence-corrected chi connectivity index (χ1v) is 8.42. The van der Waals surface area contributed by atoms with Crippen molar-refractivity contribution in [2.75, 3.05) is 26.0 Å². The Morgan fingerprint density at radius 1 is 1.24 bits per heavy atom. The fourth-order valence-corrected chi connectivity index (χ4v) is 3.06. The largest absolute Gasteiger partial charge is 0.346 e. The number of anilines is 1. The zero-order chi connectivity index (χ0) is 18.1. The molecule has 2 aromatic heterocycles. The van der Waals surface area contributed by atoms with Gasteiger partial charge in [-0.2, -0.15) is 5.10 Å². The predicted octanol–water partition coefficient (Wildman–Crippen LogP) is 2.81. The van der Waals surface area contributed by atoms with Crippen LogP contribution in [0.25, 0.3) is 10.9 Å². The summed E-state index contributed by atoms with van der Waals surface area (Å²) in [7, 11) is 5.98. The van der Waals surface area contributed by atoms with Gasteiger partial charge >= 0.3 is 0 Å². The average Bonchev–Trinajstić information content (AvgIpc) is 3.05. The van der Waals surface area contributed by atoms with Crippen LogP contribution in [0.15, 0.2) is 30.5 Å². The van der Waals surface area contributed by atoms with Gasteiger partial charge < -0.3 is 14.8 Å². The van der Waals surface area contributed by atoms with E-state index in [0.29, 0.717) is 5.56 Å². The maximum absolute atomic E-state index is 12.7. The van der Waals surface area contributed by atoms with Crippen molar-refractivity contribution in [2.45, 2.75) is 20.4 Å². The Morgan fingerprint density at radius 2 is 2.00 bits per heavy atom. The molecule has 25 heavy (non-hydrogen) atoms. The monoisotopic (exact) mass is 339 g/mol. The number of likely N-dealkylation sites (N-methyl/N-ethyl adjacent to an activating group) is 1. The van der Waals surface area contributed by atoms with Crippen LogP contribution >= 0.6 is 0 Å². The lowest BCUT2D eigenvalue weighted by atomic mass is 10.1. The minimum atomic E-state index is -0.117. The number of hydrogen-bond donors (Lipinski definition) is 1. The van der Waals surface area contributed by atoms with Crippen molar-refractivity contribution in [2.24, 2.45) is 7.05 Å². The molecular formula is C19H25N5O. The topological polar surface area (TPSA) is 55.1 Å². The summed E-state index contributed by atoms with van der Waals surface area (Å²) in [5.74, 6) is -0.117. The van der Waals surface area contributed by atoms with Crippen LogP contribution in [0.3, 0.4) is 0 Å². The molecular weight excluding hydrogens is 314 g/mol. The van der Waals surface area contributed by atoms with Crippen molar-refractivity contribution in [3.63, 3.8) is 0 Å². The van der Waals surface area contributed by atoms with E-state index in [1.165, 1.54) is 5.39 Å². The summed E-state index contributed by atoms with van der Waals surface area (Å²) >= 11 is 0. The normalized spacial score (nSPS) is 11.4. The zero-order valence-corrected chi connectivity index (χ0v) is 15.5. The number of amides is 1. The van der Waals surface area contributed by atoms with Crippen LogP contribution in [-0.4, -0.2) is 45.8 Å². The lowest BCUT2D eigenvalue weighted by molar-refractivity contribution is 0.102. The van der Waals surface area contributed by atoms with Gasteiger partial charge in [-0.3, -0.25) is 9.48 Å². The van der Waals surface area contributed by atoms with Gasteiger partial charge in [-0.1, -0.05) is 6.07 Å². The third kappa shape index (κ3) is 3.44. The van der Waals surface area contributed by atoms with Crippen molar-refractivity contribution in [3.8, 4) is 0 Å². The molecule has 6 nitrogen and oxygen atoms in total. The molecule has 6 heteroatoms. The highest BCUT2D eigenvalue weighted by atomic mass is 16.1. The molecule has 0 saturated carbocycles. The summed E-state index contributed by atoms with van der Waals surface area (Å²) in [6.07, 6.45) is 2.09. The molecule has 0 bridgehead atoms. The highest BCUT2D eigenvalue weighted by molar-refractivity contribution is 6.06. The minimum absolute atomic E-state index is 0.117. The maximum atomic E-state index is 12.7. The second-order valence-electron chi connectivity index (χ2n) is 6.71. The van der Waals surface area contributed by atoms with E-state index in [-0.39, 0.29) is 5.91 Å². The van der Waals surface area contributed by atoms with Gasteiger partial charge in [0.25, 0.3) is 5.91 Å². The van der Waals surface area contributed by atoms with E-state index in [9.17, 15) is 4.79 Å². The number of rotatable bonds is 5. The number of carbonyl (C=O) groups excluding carboxylic acids is 1. The fraction of sp³-hybridized carbons (Fsp3) is 0.368. The Kier molecular flexibility index (Phi) is 4.63. The van der Waals surface area contributed by atoms with Crippen LogP contribution in [0, 0.1) is 13.8 Å². The molecule has 0 radical (unpaired) electrons. The van der Waals surface area contributed by atoms with E-state index in [1.807, 2.05) is 39.1 Å². The molecule has 0 aliphatic carbocycles. The highest BCUT2D eigenvalue weighted by Gasteiger charge is 2.17. The summed E-state index contributed by atoms with van der Waals surface area (Å²) in [6, 6.07) is 8.12. The lowest BCUT2D eigenvalue weighted by Gasteiger charge is -2.12. The number of fused-ring (bicyclic) bond motifs is 1. The smallest absolute Gasteiger partial charge is 0.259 e. The van der Waals surface area contributed by atoms with Gasteiger partial charge in [0.1, 0.15) is 0 Å². The Morgan fingerprint density at radius 3 is 2.64 bits per heavy atom. The summed E-state index contributed by atoms with van der Waals surface area (Å²) in [4.78, 5) is 14.8. The lowest BCUT2D eigenvalue weighted by Crippen LogP contribution is -2.18. The second-order valence-corrected chi connectivity index (χ2v) is 6.71. The van der Waals surface area contributed by atoms with Gasteiger partial charge in [-0.15, -0.1) is 0 Å². The minimum Gasteiger partial charge on any atom is -0.346 e. The average molecular weight is 339 g/mol. The molecule has 0 spiro atoms. The van der Waals surface area contributed by atoms with Gasteiger partial charge in [0, 0.05) is 37.7 Å². The van der Waals surface area contributed by atoms with E-state index in [0.717, 1.165) is 35.7 Å². The first-order valence-electron chi connectivity index (χ1n) is 8.42. The summed E-state index contributed by atoms with van der Waals surface area (Å²) in [6.45, 7) is 5.64. The maximum Gasteiger partial charge on any atom is 0.259 e. The quantitative estimate of drug-likeness (QED) is 0.778. The molecule has 1 amide bonds. The van der Waals surface area contributed by atoms with Gasteiger partial charge in [0.05, 0.1) is 16.8 Å². The highest BCUT2D eigenvalue weighted by Crippen LogP contribution is 2.22. The molecule has 0 aliphatic rings. The SMILES string of the molecule is Cc1nn(C)c(C)c1C(=O)Nc1ccc2ccn(CCN(C)C)c2c1. The fourth-order valence-electron chi connectivity index (χ4n) is 3.06. The van der Waals surface area contributed by atoms with Crippen LogP contribution in [-0.2, 0) is 13.6 Å². The molecule has 1 N–H and O–H groups in total. The van der Waals surface area contributed by atoms with Crippen molar-refractivity contribution in [1.29, 1.82) is 0 Å². The van der Waals surface area contributed by atoms with Crippen LogP contribution in [0.5, 0.6) is 0 Å². The van der Waals surface area contributed by atoms with Crippen molar-refractivity contribution >= 4 is 22.5 Å². The zero-order valence-electron chi connectivity index (χ0n) is 15.5. The first-order chi connectivity index (χ1) is 11.9. The molecule has 0 unspecified atom stereocenters. The molecule has 132 valence electrons. The van der Waals surface area contributed by atoms with Crippen LogP contribution in [0.2, 0.25) is 0 Å². The number of aryl methyl sites for hydroxylation is 2. The van der Waals surface area contributed by atoms with Gasteiger partial charge in [0.15, 0.2) is 0 Å². The molecule has 0 saturated heterocycles. The summed E-state index contributed by atoms with van der Waals surface area (Å²) in [5, 5.41) is 8.50. The Bertz CT molecular complexity index is 919. The van der Waals surface area contributed by atoms with Crippen molar-refractivity contribution < 1.29 is 4.79 Å². The molecule has 3 rings (SSSR count). The van der Waals surface area contributed by atoms with Gasteiger partial charge in [0.2, 0.25) is 0 Å². The molecule has 0 atom stereocenters. The molecule has 3 aromatic rings. The number of hydrogen-bond acceptors (Lipinski definition) is 3. The van der Waals surface area contributed by atoms with Crippen molar-refractivity contribution in [3.05, 3.63) is 47.4 Å². The van der Waals surface area contributed by atoms with E-state index in [1.54, 1.807) is 4.68 Å². The van der Waals surface area contributed by atoms with Gasteiger partial charge in [-0.05, 0) is 51.5 Å². The van der Waals surface area contributed by atoms with Crippen LogP contribution in [0.1, 0.15) is 21.7 Å². The molecule has 2 heterocycles. The standard InChI is InChI=1S/C19H25N5O/c1-13-18(14(2)23(5)21-13)19(25)20-16-7-6-15-8-9-24(17(15)12-16)11-10-22(3)4/h6-9,12H,10-11H2,1-5H3,(H,20,25). The molecule has 0 fully saturated rings. The van der Waals surface area contributed by atoms with E-state index >= 15 is 0 Å². The second kappa shape index (κ2) is 6.72. The number of nitrogens with zero attached hydrogens (tertiary/aromatic N) is 4. The molecule has 1 aromatic carbocycles. The number of nitrogens with one attached hydrogen (secondary N) is 1. The Labute approximate surface area is 148 Å². The number of benzene rings is 1. The third-order valence-corrected chi connectivity index (χ3v) is 4.56. The number of aromatic nitrogens is 3. The predicted molar refractivity (Wildman–Crippen MR) is 101 cm³/mol. The number of carbonyl (C=O) groups is 1. The van der Waals surface area contributed by atoms with Crippen LogP contribution in [0.4, 0.5) is 5.69 Å². The first kappa shape index (κ1) is 17.2. The van der Waals surface area contributed by atoms with Crippen LogP contribution < -0.4 is 5.32 Å². The molecule has 0 aliphatic heterocycles. The Hall–Kier alpha value is -2.60. The van der Waals surface area contributed by atoms with E-state index in [2.05, 4.69) is 46.2 Å². The summed E-state index contributed by atoms with van der Waals surface area (Å²) in [5.41, 5.74) is 4.17. The van der Waals surface area contributed by atoms with E-state index < -0.39 is 0 Å². The van der Waals surface area contributed by atoms with E-state index in [4.69, 9.17) is 0 Å². The summed E-state index contributed by atoms with van der Waals surface area (Å²) < 4.78 is 3.95.